The van der Waals surface area contributed by atoms with Gasteiger partial charge in [-0.3, -0.25) is 4.79 Å². The van der Waals surface area contributed by atoms with Crippen molar-refractivity contribution >= 4 is 15.7 Å². The highest BCUT2D eigenvalue weighted by molar-refractivity contribution is 7.91. The van der Waals surface area contributed by atoms with E-state index in [0.717, 1.165) is 0 Å². The van der Waals surface area contributed by atoms with Crippen molar-refractivity contribution in [3.63, 3.8) is 0 Å². The molecule has 14 heavy (non-hydrogen) atoms. The molecule has 1 heterocycles. The van der Waals surface area contributed by atoms with Crippen molar-refractivity contribution in [2.24, 2.45) is 5.92 Å². The minimum atomic E-state index is -2.82. The molecule has 0 radical (unpaired) electrons. The number of rotatable bonds is 2. The molecule has 4 nitrogen and oxygen atoms in total. The Labute approximate surface area is 85.0 Å². The molecular weight excluding hydrogens is 202 g/mol. The molecule has 1 N–H and O–H groups in total. The van der Waals surface area contributed by atoms with Gasteiger partial charge in [0.25, 0.3) is 0 Å². The molecule has 5 heteroatoms. The van der Waals surface area contributed by atoms with Gasteiger partial charge in [0.2, 0.25) is 5.91 Å². The number of sulfone groups is 1. The molecule has 1 aliphatic heterocycles. The Morgan fingerprint density at radius 3 is 2.21 bits per heavy atom. The molecule has 0 aromatic heterocycles. The molecular formula is C9H17NO3S. The highest BCUT2D eigenvalue weighted by atomic mass is 32.2. The average Bonchev–Trinajstić information content (AvgIpc) is 2.08. The molecule has 1 rings (SSSR count). The Kier molecular flexibility index (Phi) is 3.53. The van der Waals surface area contributed by atoms with Gasteiger partial charge in [0, 0.05) is 12.0 Å². The van der Waals surface area contributed by atoms with Crippen LogP contribution in [0.25, 0.3) is 0 Å². The van der Waals surface area contributed by atoms with E-state index in [1.807, 2.05) is 13.8 Å². The van der Waals surface area contributed by atoms with E-state index in [-0.39, 0.29) is 29.4 Å². The zero-order valence-corrected chi connectivity index (χ0v) is 9.43. The fourth-order valence-electron chi connectivity index (χ4n) is 1.40. The first kappa shape index (κ1) is 11.5. The fourth-order valence-corrected chi connectivity index (χ4v) is 2.89. The van der Waals surface area contributed by atoms with Crippen molar-refractivity contribution in [1.82, 2.24) is 5.32 Å². The molecule has 0 saturated carbocycles. The van der Waals surface area contributed by atoms with Crippen LogP contribution in [0.3, 0.4) is 0 Å². The summed E-state index contributed by atoms with van der Waals surface area (Å²) in [6.45, 7) is 3.66. The van der Waals surface area contributed by atoms with Crippen LogP contribution in [0.15, 0.2) is 0 Å². The van der Waals surface area contributed by atoms with Crippen LogP contribution in [-0.4, -0.2) is 31.9 Å². The van der Waals surface area contributed by atoms with E-state index in [2.05, 4.69) is 5.32 Å². The fraction of sp³-hybridized carbons (Fsp3) is 0.889. The molecule has 0 aromatic rings. The van der Waals surface area contributed by atoms with Crippen LogP contribution in [0.4, 0.5) is 0 Å². The Morgan fingerprint density at radius 1 is 1.29 bits per heavy atom. The monoisotopic (exact) mass is 219 g/mol. The SMILES string of the molecule is CC(C)C(=O)NC1CCS(=O)(=O)CC1. The summed E-state index contributed by atoms with van der Waals surface area (Å²) >= 11 is 0. The van der Waals surface area contributed by atoms with Crippen molar-refractivity contribution in [3.8, 4) is 0 Å². The first-order valence-electron chi connectivity index (χ1n) is 4.91. The molecule has 1 aliphatic rings. The van der Waals surface area contributed by atoms with Crippen LogP contribution in [-0.2, 0) is 14.6 Å². The minimum absolute atomic E-state index is 0.00861. The molecule has 0 unspecified atom stereocenters. The Hall–Kier alpha value is -0.580. The van der Waals surface area contributed by atoms with Crippen molar-refractivity contribution in [2.75, 3.05) is 11.5 Å². The average molecular weight is 219 g/mol. The van der Waals surface area contributed by atoms with Crippen molar-refractivity contribution < 1.29 is 13.2 Å². The van der Waals surface area contributed by atoms with Crippen molar-refractivity contribution in [3.05, 3.63) is 0 Å². The van der Waals surface area contributed by atoms with Crippen LogP contribution >= 0.6 is 0 Å². The van der Waals surface area contributed by atoms with Gasteiger partial charge >= 0.3 is 0 Å². The van der Waals surface area contributed by atoms with Crippen LogP contribution < -0.4 is 5.32 Å². The Morgan fingerprint density at radius 2 is 1.79 bits per heavy atom. The lowest BCUT2D eigenvalue weighted by molar-refractivity contribution is -0.124. The van der Waals surface area contributed by atoms with Crippen LogP contribution in [0.1, 0.15) is 26.7 Å². The standard InChI is InChI=1S/C9H17NO3S/c1-7(2)9(11)10-8-3-5-14(12,13)6-4-8/h7-8H,3-6H2,1-2H3,(H,10,11). The summed E-state index contributed by atoms with van der Waals surface area (Å²) in [4.78, 5) is 11.3. The molecule has 0 bridgehead atoms. The van der Waals surface area contributed by atoms with E-state index < -0.39 is 9.84 Å². The third-order valence-electron chi connectivity index (χ3n) is 2.43. The lowest BCUT2D eigenvalue weighted by Gasteiger charge is -2.23. The maximum absolute atomic E-state index is 11.3. The number of hydrogen-bond donors (Lipinski definition) is 1. The maximum Gasteiger partial charge on any atom is 0.222 e. The highest BCUT2D eigenvalue weighted by Crippen LogP contribution is 2.12. The normalized spacial score (nSPS) is 22.2. The third-order valence-corrected chi connectivity index (χ3v) is 4.14. The summed E-state index contributed by atoms with van der Waals surface area (Å²) in [5.41, 5.74) is 0. The smallest absolute Gasteiger partial charge is 0.222 e. The van der Waals surface area contributed by atoms with Gasteiger partial charge in [-0.05, 0) is 12.8 Å². The Bertz CT molecular complexity index is 294. The summed E-state index contributed by atoms with van der Waals surface area (Å²) in [7, 11) is -2.82. The lowest BCUT2D eigenvalue weighted by Crippen LogP contribution is -2.42. The number of carbonyl (C=O) groups excluding carboxylic acids is 1. The molecule has 82 valence electrons. The van der Waals surface area contributed by atoms with Gasteiger partial charge in [-0.25, -0.2) is 8.42 Å². The van der Waals surface area contributed by atoms with E-state index in [1.165, 1.54) is 0 Å². The van der Waals surface area contributed by atoms with E-state index in [1.54, 1.807) is 0 Å². The summed E-state index contributed by atoms with van der Waals surface area (Å²) in [5, 5.41) is 2.85. The molecule has 0 aliphatic carbocycles. The Balaban J connectivity index is 2.40. The largest absolute Gasteiger partial charge is 0.353 e. The molecule has 1 fully saturated rings. The second-order valence-corrected chi connectivity index (χ2v) is 6.39. The van der Waals surface area contributed by atoms with Gasteiger partial charge in [-0.1, -0.05) is 13.8 Å². The minimum Gasteiger partial charge on any atom is -0.353 e. The number of hydrogen-bond acceptors (Lipinski definition) is 3. The van der Waals surface area contributed by atoms with E-state index in [0.29, 0.717) is 12.8 Å². The zero-order valence-electron chi connectivity index (χ0n) is 8.62. The van der Waals surface area contributed by atoms with Crippen LogP contribution in [0, 0.1) is 5.92 Å². The molecule has 0 spiro atoms. The van der Waals surface area contributed by atoms with E-state index in [9.17, 15) is 13.2 Å². The molecule has 0 aromatic carbocycles. The number of amides is 1. The maximum atomic E-state index is 11.3. The van der Waals surface area contributed by atoms with Gasteiger partial charge in [0.1, 0.15) is 9.84 Å². The second kappa shape index (κ2) is 4.29. The van der Waals surface area contributed by atoms with E-state index in [4.69, 9.17) is 0 Å². The van der Waals surface area contributed by atoms with Gasteiger partial charge < -0.3 is 5.32 Å². The summed E-state index contributed by atoms with van der Waals surface area (Å²) < 4.78 is 22.2. The predicted molar refractivity (Wildman–Crippen MR) is 54.7 cm³/mol. The first-order valence-corrected chi connectivity index (χ1v) is 6.73. The van der Waals surface area contributed by atoms with Crippen molar-refractivity contribution in [2.45, 2.75) is 32.7 Å². The zero-order chi connectivity index (χ0) is 10.8. The molecule has 0 atom stereocenters. The van der Waals surface area contributed by atoms with Crippen LogP contribution in [0.5, 0.6) is 0 Å². The van der Waals surface area contributed by atoms with Gasteiger partial charge in [-0.2, -0.15) is 0 Å². The molecule has 1 saturated heterocycles. The second-order valence-electron chi connectivity index (χ2n) is 4.09. The summed E-state index contributed by atoms with van der Waals surface area (Å²) in [6, 6.07) is 0.0495. The topological polar surface area (TPSA) is 63.2 Å². The van der Waals surface area contributed by atoms with Gasteiger partial charge in [0.15, 0.2) is 0 Å². The van der Waals surface area contributed by atoms with Gasteiger partial charge in [-0.15, -0.1) is 0 Å². The lowest BCUT2D eigenvalue weighted by atomic mass is 10.1. The van der Waals surface area contributed by atoms with Crippen LogP contribution in [0.2, 0.25) is 0 Å². The third kappa shape index (κ3) is 3.29. The highest BCUT2D eigenvalue weighted by Gasteiger charge is 2.24. The van der Waals surface area contributed by atoms with Gasteiger partial charge in [0.05, 0.1) is 11.5 Å². The number of carbonyl (C=O) groups is 1. The quantitative estimate of drug-likeness (QED) is 0.728. The van der Waals surface area contributed by atoms with Crippen molar-refractivity contribution in [1.29, 1.82) is 0 Å². The predicted octanol–water partition coefficient (Wildman–Crippen LogP) is 0.336. The van der Waals surface area contributed by atoms with E-state index >= 15 is 0 Å². The number of nitrogens with one attached hydrogen (secondary N) is 1. The summed E-state index contributed by atoms with van der Waals surface area (Å²) in [6.07, 6.45) is 1.11. The first-order chi connectivity index (χ1) is 6.41. The summed E-state index contributed by atoms with van der Waals surface area (Å²) in [5.74, 6) is 0.384. The molecule has 1 amide bonds.